The number of hydrogen-bond donors (Lipinski definition) is 0. The third-order valence-electron chi connectivity index (χ3n) is 12.9. The van der Waals surface area contributed by atoms with Gasteiger partial charge in [0.25, 0.3) is 0 Å². The van der Waals surface area contributed by atoms with Crippen molar-refractivity contribution in [3.05, 3.63) is 125 Å². The topological polar surface area (TPSA) is 102 Å². The second-order valence-electron chi connectivity index (χ2n) is 22.4. The zero-order valence-corrected chi connectivity index (χ0v) is 55.2. The number of aryl methyl sites for hydroxylation is 5. The van der Waals surface area contributed by atoms with Crippen LogP contribution in [0.15, 0.2) is 97.1 Å². The summed E-state index contributed by atoms with van der Waals surface area (Å²) in [6.45, 7) is 39.0. The van der Waals surface area contributed by atoms with E-state index in [2.05, 4.69) is 127 Å². The highest BCUT2D eigenvalue weighted by Gasteiger charge is 2.11. The van der Waals surface area contributed by atoms with E-state index in [1.165, 1.54) is 66.3 Å². The first-order chi connectivity index (χ1) is 39.9. The Morgan fingerprint density at radius 2 is 0.675 bits per heavy atom. The summed E-state index contributed by atoms with van der Waals surface area (Å²) in [5.74, 6) is 9.90. The van der Waals surface area contributed by atoms with Crippen LogP contribution >= 0.6 is 0 Å². The maximum absolute atomic E-state index is 5.92. The normalized spacial score (nSPS) is 11.2. The number of hydrogen-bond acceptors (Lipinski definition) is 11. The fourth-order valence-corrected chi connectivity index (χ4v) is 7.22. The quantitative estimate of drug-likeness (QED) is 0.0363. The van der Waals surface area contributed by atoms with E-state index >= 15 is 0 Å². The maximum atomic E-state index is 5.92. The van der Waals surface area contributed by atoms with Gasteiger partial charge in [-0.3, -0.25) is 0 Å². The fourth-order valence-electron chi connectivity index (χ4n) is 7.22. The van der Waals surface area contributed by atoms with Gasteiger partial charge in [0, 0.05) is 7.11 Å². The van der Waals surface area contributed by atoms with E-state index in [0.717, 1.165) is 117 Å². The summed E-state index contributed by atoms with van der Waals surface area (Å²) in [4.78, 5) is 0. The summed E-state index contributed by atoms with van der Waals surface area (Å²) >= 11 is 0. The van der Waals surface area contributed by atoms with Crippen LogP contribution in [0, 0.1) is 58.3 Å². The summed E-state index contributed by atoms with van der Waals surface area (Å²) in [5.41, 5.74) is 6.02. The molecule has 0 radical (unpaired) electrons. The van der Waals surface area contributed by atoms with Gasteiger partial charge in [0.05, 0.1) is 73.7 Å². The van der Waals surface area contributed by atoms with Crippen LogP contribution in [0.3, 0.4) is 0 Å². The lowest BCUT2D eigenvalue weighted by molar-refractivity contribution is 0.0544. The van der Waals surface area contributed by atoms with Crippen LogP contribution in [-0.2, 0) is 9.47 Å². The minimum absolute atomic E-state index is 0.522. The Morgan fingerprint density at radius 3 is 1.10 bits per heavy atom. The molecule has 5 aromatic rings. The van der Waals surface area contributed by atoms with Gasteiger partial charge in [-0.1, -0.05) is 163 Å². The first-order valence-corrected chi connectivity index (χ1v) is 31.0. The lowest BCUT2D eigenvalue weighted by Crippen LogP contribution is -2.11. The van der Waals surface area contributed by atoms with E-state index < -0.39 is 0 Å². The molecule has 468 valence electrons. The molecule has 0 N–H and O–H groups in total. The number of benzene rings is 5. The van der Waals surface area contributed by atoms with Crippen LogP contribution in [0.1, 0.15) is 161 Å². The SMILES string of the molecule is CCC(C)COc1ccc(C)cc1OCC(C)CC.CCCCCCOc1ccc(C)cc1OCCCCCC.COCCOCCOc1ccc(C)cc1.COc1ccc(C)cc1OC.Cc1ccc(OCC(C)C)c(OCC(C)C)c1. The van der Waals surface area contributed by atoms with Gasteiger partial charge in [-0.05, 0) is 154 Å². The van der Waals surface area contributed by atoms with E-state index in [1.54, 1.807) is 21.3 Å². The van der Waals surface area contributed by atoms with Crippen LogP contribution in [0.25, 0.3) is 0 Å². The monoisotopic (exact) mass is 1150 g/mol. The van der Waals surface area contributed by atoms with Crippen molar-refractivity contribution in [2.24, 2.45) is 23.7 Å². The van der Waals surface area contributed by atoms with Crippen molar-refractivity contribution in [1.29, 1.82) is 0 Å². The van der Waals surface area contributed by atoms with Crippen molar-refractivity contribution in [3.63, 3.8) is 0 Å². The lowest BCUT2D eigenvalue weighted by Gasteiger charge is -2.17. The molecule has 0 bridgehead atoms. The second kappa shape index (κ2) is 47.6. The molecule has 0 spiro atoms. The molecule has 0 saturated heterocycles. The Labute approximate surface area is 505 Å². The highest BCUT2D eigenvalue weighted by molar-refractivity contribution is 5.45. The molecule has 0 amide bonds. The van der Waals surface area contributed by atoms with E-state index in [0.29, 0.717) is 50.1 Å². The summed E-state index contributed by atoms with van der Waals surface area (Å²) in [6, 6.07) is 32.3. The lowest BCUT2D eigenvalue weighted by atomic mass is 10.1. The van der Waals surface area contributed by atoms with Crippen LogP contribution in [0.4, 0.5) is 0 Å². The highest BCUT2D eigenvalue weighted by Crippen LogP contribution is 2.32. The fraction of sp³-hybridized carbons (Fsp3) is 0.583. The van der Waals surface area contributed by atoms with E-state index in [-0.39, 0.29) is 0 Å². The van der Waals surface area contributed by atoms with Crippen LogP contribution in [0.2, 0.25) is 0 Å². The maximum Gasteiger partial charge on any atom is 0.161 e. The predicted molar refractivity (Wildman–Crippen MR) is 347 cm³/mol. The van der Waals surface area contributed by atoms with Gasteiger partial charge in [-0.25, -0.2) is 0 Å². The van der Waals surface area contributed by atoms with E-state index in [4.69, 9.17) is 52.1 Å². The summed E-state index contributed by atoms with van der Waals surface area (Å²) in [7, 11) is 4.93. The zero-order valence-electron chi connectivity index (χ0n) is 55.2. The molecule has 2 atom stereocenters. The number of methoxy groups -OCH3 is 3. The number of ether oxygens (including phenoxy) is 11. The smallest absolute Gasteiger partial charge is 0.161 e. The van der Waals surface area contributed by atoms with Crippen molar-refractivity contribution in [2.45, 2.75) is 168 Å². The Balaban J connectivity index is 0.000000526. The Kier molecular flexibility index (Phi) is 43.1. The molecule has 0 aliphatic carbocycles. The molecule has 0 heterocycles. The molecule has 0 aliphatic rings. The van der Waals surface area contributed by atoms with Gasteiger partial charge in [0.1, 0.15) is 12.4 Å². The molecule has 83 heavy (non-hydrogen) atoms. The summed E-state index contributed by atoms with van der Waals surface area (Å²) < 4.78 is 60.9. The van der Waals surface area contributed by atoms with E-state index in [1.807, 2.05) is 73.7 Å². The molecule has 11 nitrogen and oxygen atoms in total. The van der Waals surface area contributed by atoms with Crippen LogP contribution < -0.4 is 42.6 Å². The zero-order chi connectivity index (χ0) is 61.6. The molecule has 0 aliphatic heterocycles. The second-order valence-corrected chi connectivity index (χ2v) is 22.4. The van der Waals surface area contributed by atoms with Crippen LogP contribution in [-0.4, -0.2) is 87.4 Å². The first-order valence-electron chi connectivity index (χ1n) is 31.0. The average Bonchev–Trinajstić information content (AvgIpc) is 3.56. The van der Waals surface area contributed by atoms with Crippen LogP contribution in [0.5, 0.6) is 51.7 Å². The Hall–Kier alpha value is -5.78. The van der Waals surface area contributed by atoms with E-state index in [9.17, 15) is 0 Å². The minimum atomic E-state index is 0.522. The van der Waals surface area contributed by atoms with Gasteiger partial charge >= 0.3 is 0 Å². The van der Waals surface area contributed by atoms with Gasteiger partial charge < -0.3 is 52.1 Å². The minimum Gasteiger partial charge on any atom is -0.493 e. The average molecular weight is 1160 g/mol. The Morgan fingerprint density at radius 1 is 0.313 bits per heavy atom. The molecule has 0 fully saturated rings. The third kappa shape index (κ3) is 37.2. The molecule has 0 aromatic heterocycles. The van der Waals surface area contributed by atoms with Crippen molar-refractivity contribution in [2.75, 3.05) is 87.4 Å². The predicted octanol–water partition coefficient (Wildman–Crippen LogP) is 18.9. The number of rotatable bonds is 35. The third-order valence-corrected chi connectivity index (χ3v) is 12.9. The molecule has 5 rings (SSSR count). The molecule has 11 heteroatoms. The Bertz CT molecular complexity index is 2350. The van der Waals surface area contributed by atoms with Gasteiger partial charge in [0.2, 0.25) is 0 Å². The molecular weight excluding hydrogens is 1040 g/mol. The van der Waals surface area contributed by atoms with Crippen molar-refractivity contribution in [3.8, 4) is 51.7 Å². The largest absolute Gasteiger partial charge is 0.493 e. The van der Waals surface area contributed by atoms with Gasteiger partial charge in [-0.15, -0.1) is 0 Å². The first kappa shape index (κ1) is 75.2. The molecule has 2 unspecified atom stereocenters. The molecule has 0 saturated carbocycles. The number of unbranched alkanes of at least 4 members (excludes halogenated alkanes) is 6. The standard InChI is InChI=1S/C19H32O2.C17H28O2.C15H24O2.C12H18O3.C9H12O2/c1-4-6-8-10-14-20-18-13-12-17(3)16-19(18)21-15-11-9-7-5-2;1-6-13(3)11-18-16-9-8-15(5)10-17(16)19-12-14(4)7-2;1-11(2)9-16-14-7-6-13(5)8-15(14)17-10-12(3)4;1-11-3-5-12(6-4-11)15-10-9-14-8-7-13-2;1-7-4-5-8(10-2)9(6-7)11-3/h12-13,16H,4-11,14-15H2,1-3H3;8-10,13-14H,6-7,11-12H2,1-5H3;6-8,11-12H,9-10H2,1-5H3;3-6H,7-10H2,1-2H3;4-6H,1-3H3. The van der Waals surface area contributed by atoms with Crippen molar-refractivity contribution < 1.29 is 52.1 Å². The highest BCUT2D eigenvalue weighted by atomic mass is 16.5. The molecular formula is C72H114O11. The van der Waals surface area contributed by atoms with Gasteiger partial charge in [-0.2, -0.15) is 0 Å². The summed E-state index contributed by atoms with van der Waals surface area (Å²) in [6.07, 6.45) is 12.1. The van der Waals surface area contributed by atoms with Crippen molar-refractivity contribution in [1.82, 2.24) is 0 Å². The molecule has 5 aromatic carbocycles. The summed E-state index contributed by atoms with van der Waals surface area (Å²) in [5, 5.41) is 0. The van der Waals surface area contributed by atoms with Gasteiger partial charge in [0.15, 0.2) is 46.0 Å². The van der Waals surface area contributed by atoms with Crippen molar-refractivity contribution >= 4 is 0 Å².